The highest BCUT2D eigenvalue weighted by Gasteiger charge is 2.14. The lowest BCUT2D eigenvalue weighted by Crippen LogP contribution is -2.36. The van der Waals surface area contributed by atoms with E-state index in [9.17, 15) is 0 Å². The molecule has 0 bridgehead atoms. The van der Waals surface area contributed by atoms with Crippen LogP contribution in [0.4, 0.5) is 22.7 Å². The van der Waals surface area contributed by atoms with Gasteiger partial charge in [-0.2, -0.15) is 0 Å². The smallest absolute Gasteiger partial charge is 0.0631 e. The number of rotatable bonds is 2. The van der Waals surface area contributed by atoms with Crippen molar-refractivity contribution in [1.82, 2.24) is 0 Å². The second-order valence-corrected chi connectivity index (χ2v) is 4.56. The number of nitrogens with two attached hydrogens (primary N) is 2. The van der Waals surface area contributed by atoms with Gasteiger partial charge in [-0.1, -0.05) is 0 Å². The third-order valence-corrected chi connectivity index (χ3v) is 3.11. The Morgan fingerprint density at radius 3 is 1.25 bits per heavy atom. The summed E-state index contributed by atoms with van der Waals surface area (Å²) in [6.07, 6.45) is 7.98. The molecule has 0 saturated carbocycles. The molecular weight excluding hydrogens is 248 g/mol. The topological polar surface area (TPSA) is 58.5 Å². The number of hydrogen-bond donors (Lipinski definition) is 2. The highest BCUT2D eigenvalue weighted by atomic mass is 15.6. The van der Waals surface area contributed by atoms with Crippen LogP contribution >= 0.6 is 0 Å². The lowest BCUT2D eigenvalue weighted by molar-refractivity contribution is 0.963. The van der Waals surface area contributed by atoms with E-state index in [0.717, 1.165) is 22.7 Å². The van der Waals surface area contributed by atoms with Crippen LogP contribution < -0.4 is 21.5 Å². The van der Waals surface area contributed by atoms with Gasteiger partial charge in [0.25, 0.3) is 0 Å². The van der Waals surface area contributed by atoms with Gasteiger partial charge < -0.3 is 11.5 Å². The summed E-state index contributed by atoms with van der Waals surface area (Å²) in [5.41, 5.74) is 15.1. The molecule has 0 atom stereocenters. The summed E-state index contributed by atoms with van der Waals surface area (Å²) in [4.78, 5) is 0. The van der Waals surface area contributed by atoms with E-state index in [1.807, 2.05) is 83.1 Å². The van der Waals surface area contributed by atoms with Gasteiger partial charge in [-0.3, -0.25) is 10.0 Å². The number of hydrogen-bond acceptors (Lipinski definition) is 4. The maximum Gasteiger partial charge on any atom is 0.0631 e. The average Bonchev–Trinajstić information content (AvgIpc) is 2.49. The van der Waals surface area contributed by atoms with Crippen molar-refractivity contribution < 1.29 is 0 Å². The molecule has 0 unspecified atom stereocenters. The summed E-state index contributed by atoms with van der Waals surface area (Å²) < 4.78 is 0. The monoisotopic (exact) mass is 264 g/mol. The molecule has 1 aliphatic heterocycles. The number of anilines is 4. The highest BCUT2D eigenvalue weighted by Crippen LogP contribution is 2.26. The van der Waals surface area contributed by atoms with Crippen LogP contribution in [0.25, 0.3) is 0 Å². The standard InChI is InChI=1S/C16H16N4/c17-13-3-7-15(8-4-13)19-11-1-2-12-20(19)16-9-5-14(18)6-10-16/h1-12H,17-18H2. The molecule has 0 saturated heterocycles. The average molecular weight is 264 g/mol. The van der Waals surface area contributed by atoms with Gasteiger partial charge in [0, 0.05) is 23.8 Å². The number of allylic oxidation sites excluding steroid dienone is 2. The molecule has 4 heteroatoms. The van der Waals surface area contributed by atoms with Crippen LogP contribution in [0, 0.1) is 0 Å². The molecule has 0 aromatic heterocycles. The zero-order chi connectivity index (χ0) is 13.9. The van der Waals surface area contributed by atoms with Gasteiger partial charge in [0.15, 0.2) is 0 Å². The van der Waals surface area contributed by atoms with E-state index in [1.54, 1.807) is 0 Å². The fourth-order valence-electron chi connectivity index (χ4n) is 2.08. The quantitative estimate of drug-likeness (QED) is 0.818. The van der Waals surface area contributed by atoms with E-state index < -0.39 is 0 Å². The van der Waals surface area contributed by atoms with Crippen molar-refractivity contribution in [3.63, 3.8) is 0 Å². The maximum atomic E-state index is 5.74. The van der Waals surface area contributed by atoms with Crippen molar-refractivity contribution in [2.24, 2.45) is 0 Å². The molecule has 2 aromatic rings. The molecule has 3 rings (SSSR count). The first-order valence-electron chi connectivity index (χ1n) is 6.38. The van der Waals surface area contributed by atoms with Crippen LogP contribution in [0.15, 0.2) is 73.1 Å². The molecular formula is C16H16N4. The fraction of sp³-hybridized carbons (Fsp3) is 0. The van der Waals surface area contributed by atoms with E-state index in [0.29, 0.717) is 0 Å². The Bertz CT molecular complexity index is 582. The van der Waals surface area contributed by atoms with Crippen LogP contribution in [0.3, 0.4) is 0 Å². The SMILES string of the molecule is Nc1ccc(N2C=CC=CN2c2ccc(N)cc2)cc1. The molecule has 0 radical (unpaired) electrons. The Hall–Kier alpha value is -2.88. The predicted molar refractivity (Wildman–Crippen MR) is 84.9 cm³/mol. The summed E-state index contributed by atoms with van der Waals surface area (Å²) in [6, 6.07) is 15.5. The Morgan fingerprint density at radius 2 is 0.900 bits per heavy atom. The van der Waals surface area contributed by atoms with Crippen molar-refractivity contribution in [2.45, 2.75) is 0 Å². The minimum atomic E-state index is 0.754. The highest BCUT2D eigenvalue weighted by molar-refractivity contribution is 5.66. The Kier molecular flexibility index (Phi) is 3.05. The summed E-state index contributed by atoms with van der Waals surface area (Å²) in [5, 5.41) is 4.09. The minimum Gasteiger partial charge on any atom is -0.399 e. The molecule has 0 spiro atoms. The third-order valence-electron chi connectivity index (χ3n) is 3.11. The Morgan fingerprint density at radius 1 is 0.550 bits per heavy atom. The van der Waals surface area contributed by atoms with E-state index in [1.165, 1.54) is 0 Å². The van der Waals surface area contributed by atoms with Gasteiger partial charge in [0.2, 0.25) is 0 Å². The molecule has 20 heavy (non-hydrogen) atoms. The molecule has 0 amide bonds. The van der Waals surface area contributed by atoms with Gasteiger partial charge in [0.1, 0.15) is 0 Å². The van der Waals surface area contributed by atoms with Crippen molar-refractivity contribution in [2.75, 3.05) is 21.5 Å². The molecule has 4 nitrogen and oxygen atoms in total. The normalized spacial score (nSPS) is 13.8. The van der Waals surface area contributed by atoms with Gasteiger partial charge >= 0.3 is 0 Å². The molecule has 2 aromatic carbocycles. The van der Waals surface area contributed by atoms with Gasteiger partial charge in [-0.25, -0.2) is 0 Å². The first-order valence-corrected chi connectivity index (χ1v) is 6.38. The molecule has 1 aliphatic rings. The molecule has 0 fully saturated rings. The van der Waals surface area contributed by atoms with Gasteiger partial charge in [-0.05, 0) is 60.7 Å². The molecule has 0 aliphatic carbocycles. The maximum absolute atomic E-state index is 5.74. The van der Waals surface area contributed by atoms with Crippen molar-refractivity contribution in [1.29, 1.82) is 0 Å². The van der Waals surface area contributed by atoms with Crippen LogP contribution in [-0.4, -0.2) is 0 Å². The zero-order valence-corrected chi connectivity index (χ0v) is 11.0. The van der Waals surface area contributed by atoms with Crippen molar-refractivity contribution >= 4 is 22.7 Å². The van der Waals surface area contributed by atoms with Crippen LogP contribution in [0.1, 0.15) is 0 Å². The summed E-state index contributed by atoms with van der Waals surface area (Å²) >= 11 is 0. The van der Waals surface area contributed by atoms with E-state index in [-0.39, 0.29) is 0 Å². The summed E-state index contributed by atoms with van der Waals surface area (Å²) in [5.74, 6) is 0. The number of nitrogen functional groups attached to an aromatic ring is 2. The number of benzene rings is 2. The summed E-state index contributed by atoms with van der Waals surface area (Å²) in [6.45, 7) is 0. The first-order chi connectivity index (χ1) is 9.74. The van der Waals surface area contributed by atoms with E-state index in [2.05, 4.69) is 0 Å². The first kappa shape index (κ1) is 12.2. The second kappa shape index (κ2) is 5.01. The number of hydrazine groups is 1. The minimum absolute atomic E-state index is 0.754. The Labute approximate surface area is 118 Å². The van der Waals surface area contributed by atoms with E-state index >= 15 is 0 Å². The summed E-state index contributed by atoms with van der Waals surface area (Å²) in [7, 11) is 0. The lowest BCUT2D eigenvalue weighted by atomic mass is 10.2. The lowest BCUT2D eigenvalue weighted by Gasteiger charge is -2.34. The third kappa shape index (κ3) is 2.31. The second-order valence-electron chi connectivity index (χ2n) is 4.56. The van der Waals surface area contributed by atoms with Crippen LogP contribution in [0.2, 0.25) is 0 Å². The molecule has 1 heterocycles. The van der Waals surface area contributed by atoms with Crippen molar-refractivity contribution in [3.8, 4) is 0 Å². The van der Waals surface area contributed by atoms with E-state index in [4.69, 9.17) is 11.5 Å². The largest absolute Gasteiger partial charge is 0.399 e. The predicted octanol–water partition coefficient (Wildman–Crippen LogP) is 3.12. The molecule has 4 N–H and O–H groups in total. The van der Waals surface area contributed by atoms with Gasteiger partial charge in [0.05, 0.1) is 11.4 Å². The zero-order valence-electron chi connectivity index (χ0n) is 11.0. The van der Waals surface area contributed by atoms with Gasteiger partial charge in [-0.15, -0.1) is 0 Å². The Balaban J connectivity index is 1.96. The fourth-order valence-corrected chi connectivity index (χ4v) is 2.08. The molecule has 100 valence electrons. The number of nitrogens with zero attached hydrogens (tertiary/aromatic N) is 2. The van der Waals surface area contributed by atoms with Crippen molar-refractivity contribution in [3.05, 3.63) is 73.1 Å². The van der Waals surface area contributed by atoms with Crippen LogP contribution in [-0.2, 0) is 0 Å². The van der Waals surface area contributed by atoms with Crippen LogP contribution in [0.5, 0.6) is 0 Å².